The molecule has 1 fully saturated rings. The van der Waals surface area contributed by atoms with Crippen molar-refractivity contribution in [1.82, 2.24) is 10.6 Å². The molecular weight excluding hydrogens is 280 g/mol. The van der Waals surface area contributed by atoms with Crippen molar-refractivity contribution >= 4 is 11.8 Å². The van der Waals surface area contributed by atoms with E-state index in [9.17, 15) is 9.59 Å². The van der Waals surface area contributed by atoms with E-state index in [2.05, 4.69) is 24.5 Å². The first-order chi connectivity index (χ1) is 10.6. The SMILES string of the molecule is C[C@H]1[C@H](C)CCC[C@@H]1NC(=O)CCC(=O)NCc1ccco1. The van der Waals surface area contributed by atoms with Crippen LogP contribution in [0.2, 0.25) is 0 Å². The van der Waals surface area contributed by atoms with Gasteiger partial charge in [-0.05, 0) is 30.4 Å². The largest absolute Gasteiger partial charge is 0.467 e. The minimum atomic E-state index is -0.128. The van der Waals surface area contributed by atoms with Gasteiger partial charge in [0.25, 0.3) is 0 Å². The Morgan fingerprint density at radius 1 is 1.23 bits per heavy atom. The van der Waals surface area contributed by atoms with Gasteiger partial charge in [-0.15, -0.1) is 0 Å². The summed E-state index contributed by atoms with van der Waals surface area (Å²) in [5.41, 5.74) is 0. The first kappa shape index (κ1) is 16.6. The zero-order chi connectivity index (χ0) is 15.9. The lowest BCUT2D eigenvalue weighted by Gasteiger charge is -2.34. The van der Waals surface area contributed by atoms with Gasteiger partial charge in [0.2, 0.25) is 11.8 Å². The molecule has 1 saturated carbocycles. The van der Waals surface area contributed by atoms with Gasteiger partial charge in [-0.25, -0.2) is 0 Å². The third kappa shape index (κ3) is 4.90. The lowest BCUT2D eigenvalue weighted by Crippen LogP contribution is -2.43. The van der Waals surface area contributed by atoms with Crippen molar-refractivity contribution in [3.63, 3.8) is 0 Å². The van der Waals surface area contributed by atoms with Gasteiger partial charge in [0.15, 0.2) is 0 Å². The highest BCUT2D eigenvalue weighted by atomic mass is 16.3. The second-order valence-electron chi connectivity index (χ2n) is 6.30. The van der Waals surface area contributed by atoms with Crippen LogP contribution in [0.25, 0.3) is 0 Å². The van der Waals surface area contributed by atoms with Crippen LogP contribution in [0.5, 0.6) is 0 Å². The molecule has 1 aromatic rings. The van der Waals surface area contributed by atoms with Gasteiger partial charge in [0.1, 0.15) is 5.76 Å². The highest BCUT2D eigenvalue weighted by Crippen LogP contribution is 2.29. The van der Waals surface area contributed by atoms with E-state index >= 15 is 0 Å². The maximum atomic E-state index is 12.0. The maximum absolute atomic E-state index is 12.0. The molecule has 0 aromatic carbocycles. The van der Waals surface area contributed by atoms with Gasteiger partial charge in [-0.1, -0.05) is 26.7 Å². The molecule has 0 saturated heterocycles. The third-order valence-corrected chi connectivity index (χ3v) is 4.67. The Hall–Kier alpha value is -1.78. The van der Waals surface area contributed by atoms with Crippen molar-refractivity contribution in [3.8, 4) is 0 Å². The lowest BCUT2D eigenvalue weighted by molar-refractivity contribution is -0.127. The summed E-state index contributed by atoms with van der Waals surface area (Å²) in [6, 6.07) is 3.84. The van der Waals surface area contributed by atoms with Gasteiger partial charge in [-0.2, -0.15) is 0 Å². The van der Waals surface area contributed by atoms with E-state index in [0.717, 1.165) is 6.42 Å². The molecule has 2 N–H and O–H groups in total. The molecular formula is C17H26N2O3. The molecule has 0 aliphatic heterocycles. The molecule has 0 bridgehead atoms. The highest BCUT2D eigenvalue weighted by Gasteiger charge is 2.28. The topological polar surface area (TPSA) is 71.3 Å². The summed E-state index contributed by atoms with van der Waals surface area (Å²) in [5.74, 6) is 1.71. The van der Waals surface area contributed by atoms with Crippen molar-refractivity contribution in [2.45, 2.75) is 58.5 Å². The third-order valence-electron chi connectivity index (χ3n) is 4.67. The second-order valence-corrected chi connectivity index (χ2v) is 6.30. The predicted molar refractivity (Wildman–Crippen MR) is 83.9 cm³/mol. The summed E-state index contributed by atoms with van der Waals surface area (Å²) in [7, 11) is 0. The van der Waals surface area contributed by atoms with Crippen LogP contribution in [0.1, 0.15) is 51.7 Å². The number of furan rings is 1. The van der Waals surface area contributed by atoms with Crippen molar-refractivity contribution in [2.24, 2.45) is 11.8 Å². The lowest BCUT2D eigenvalue weighted by atomic mass is 9.78. The molecule has 22 heavy (non-hydrogen) atoms. The fourth-order valence-electron chi connectivity index (χ4n) is 2.98. The van der Waals surface area contributed by atoms with Gasteiger partial charge >= 0.3 is 0 Å². The zero-order valence-electron chi connectivity index (χ0n) is 13.4. The Balaban J connectivity index is 1.65. The monoisotopic (exact) mass is 306 g/mol. The normalized spacial score (nSPS) is 24.7. The highest BCUT2D eigenvalue weighted by molar-refractivity contribution is 5.83. The number of carbonyl (C=O) groups excluding carboxylic acids is 2. The van der Waals surface area contributed by atoms with Crippen LogP contribution in [0.3, 0.4) is 0 Å². The molecule has 2 amide bonds. The Morgan fingerprint density at radius 2 is 2.00 bits per heavy atom. The molecule has 5 heteroatoms. The van der Waals surface area contributed by atoms with Crippen LogP contribution >= 0.6 is 0 Å². The van der Waals surface area contributed by atoms with Crippen LogP contribution in [0.4, 0.5) is 0 Å². The zero-order valence-corrected chi connectivity index (χ0v) is 13.4. The minimum absolute atomic E-state index is 0.0286. The fourth-order valence-corrected chi connectivity index (χ4v) is 2.98. The number of nitrogens with one attached hydrogen (secondary N) is 2. The van der Waals surface area contributed by atoms with E-state index in [1.165, 1.54) is 12.8 Å². The Labute approximate surface area is 131 Å². The molecule has 1 aliphatic rings. The molecule has 1 aliphatic carbocycles. The summed E-state index contributed by atoms with van der Waals surface area (Å²) in [6.07, 6.45) is 5.47. The molecule has 122 valence electrons. The molecule has 0 radical (unpaired) electrons. The van der Waals surface area contributed by atoms with Gasteiger partial charge in [-0.3, -0.25) is 9.59 Å². The van der Waals surface area contributed by atoms with Crippen molar-refractivity contribution in [3.05, 3.63) is 24.2 Å². The number of rotatable bonds is 6. The van der Waals surface area contributed by atoms with E-state index < -0.39 is 0 Å². The van der Waals surface area contributed by atoms with E-state index in [1.807, 2.05) is 0 Å². The first-order valence-electron chi connectivity index (χ1n) is 8.14. The van der Waals surface area contributed by atoms with Gasteiger partial charge < -0.3 is 15.1 Å². The first-order valence-corrected chi connectivity index (χ1v) is 8.14. The van der Waals surface area contributed by atoms with Gasteiger partial charge in [0.05, 0.1) is 12.8 Å². The second kappa shape index (κ2) is 8.01. The average Bonchev–Trinajstić information content (AvgIpc) is 3.01. The van der Waals surface area contributed by atoms with Crippen LogP contribution in [0.15, 0.2) is 22.8 Å². The number of hydrogen-bond acceptors (Lipinski definition) is 3. The number of carbonyl (C=O) groups is 2. The van der Waals surface area contributed by atoms with E-state index in [-0.39, 0.29) is 30.7 Å². The Morgan fingerprint density at radius 3 is 2.73 bits per heavy atom. The summed E-state index contributed by atoms with van der Waals surface area (Å²) in [4.78, 5) is 23.7. The predicted octanol–water partition coefficient (Wildman–Crippen LogP) is 2.62. The smallest absolute Gasteiger partial charge is 0.220 e. The van der Waals surface area contributed by atoms with Crippen molar-refractivity contribution in [2.75, 3.05) is 0 Å². The Bertz CT molecular complexity index is 484. The van der Waals surface area contributed by atoms with E-state index in [0.29, 0.717) is 24.1 Å². The van der Waals surface area contributed by atoms with Crippen molar-refractivity contribution in [1.29, 1.82) is 0 Å². The number of hydrogen-bond donors (Lipinski definition) is 2. The molecule has 0 unspecified atom stereocenters. The number of amides is 2. The van der Waals surface area contributed by atoms with Crippen molar-refractivity contribution < 1.29 is 14.0 Å². The van der Waals surface area contributed by atoms with E-state index in [1.54, 1.807) is 18.4 Å². The molecule has 1 aromatic heterocycles. The van der Waals surface area contributed by atoms with Crippen LogP contribution < -0.4 is 10.6 Å². The average molecular weight is 306 g/mol. The summed E-state index contributed by atoms with van der Waals surface area (Å²) >= 11 is 0. The van der Waals surface area contributed by atoms with Crippen LogP contribution in [-0.4, -0.2) is 17.9 Å². The van der Waals surface area contributed by atoms with Crippen LogP contribution in [0, 0.1) is 11.8 Å². The standard InChI is InChI=1S/C17H26N2O3/c1-12-5-3-7-15(13(12)2)19-17(21)9-8-16(20)18-11-14-6-4-10-22-14/h4,6,10,12-13,15H,3,5,7-9,11H2,1-2H3,(H,18,20)(H,19,21)/t12-,13+,15+/m1/s1. The van der Waals surface area contributed by atoms with Crippen LogP contribution in [-0.2, 0) is 16.1 Å². The maximum Gasteiger partial charge on any atom is 0.220 e. The quantitative estimate of drug-likeness (QED) is 0.848. The minimum Gasteiger partial charge on any atom is -0.467 e. The fraction of sp³-hybridized carbons (Fsp3) is 0.647. The summed E-state index contributed by atoms with van der Waals surface area (Å²) in [5, 5.41) is 5.83. The summed E-state index contributed by atoms with van der Waals surface area (Å²) < 4.78 is 5.14. The molecule has 0 spiro atoms. The molecule has 3 atom stereocenters. The molecule has 2 rings (SSSR count). The Kier molecular flexibility index (Phi) is 6.04. The molecule has 5 nitrogen and oxygen atoms in total. The van der Waals surface area contributed by atoms with Gasteiger partial charge in [0, 0.05) is 18.9 Å². The van der Waals surface area contributed by atoms with E-state index in [4.69, 9.17) is 4.42 Å². The molecule has 1 heterocycles. The summed E-state index contributed by atoms with van der Waals surface area (Å²) in [6.45, 7) is 4.81.